The van der Waals surface area contributed by atoms with E-state index in [-0.39, 0.29) is 16.8 Å². The zero-order chi connectivity index (χ0) is 15.7. The van der Waals surface area contributed by atoms with Gasteiger partial charge in [0.1, 0.15) is 5.69 Å². The van der Waals surface area contributed by atoms with Crippen molar-refractivity contribution >= 4 is 29.0 Å². The number of likely N-dealkylation sites (tertiary alicyclic amines) is 1. The molecule has 0 radical (unpaired) electrons. The lowest BCUT2D eigenvalue weighted by atomic mass is 9.92. The van der Waals surface area contributed by atoms with Crippen molar-refractivity contribution in [2.75, 3.05) is 18.8 Å². The van der Waals surface area contributed by atoms with Crippen LogP contribution in [0, 0.1) is 0 Å². The number of amides is 1. The minimum Gasteiger partial charge on any atom is -0.371 e. The molecule has 7 heteroatoms. The summed E-state index contributed by atoms with van der Waals surface area (Å²) < 4.78 is 6.17. The number of hydrogen-bond donors (Lipinski definition) is 0. The van der Waals surface area contributed by atoms with E-state index in [0.717, 1.165) is 31.0 Å². The molecule has 4 rings (SSSR count). The molecular formula is C16H17N3O2S2. The molecule has 2 aromatic rings. The van der Waals surface area contributed by atoms with Crippen LogP contribution in [0.5, 0.6) is 0 Å². The van der Waals surface area contributed by atoms with E-state index in [9.17, 15) is 4.79 Å². The van der Waals surface area contributed by atoms with Crippen LogP contribution in [-0.2, 0) is 11.3 Å². The third-order valence-electron chi connectivity index (χ3n) is 4.26. The number of ether oxygens (including phenoxy) is 1. The summed E-state index contributed by atoms with van der Waals surface area (Å²) in [6.45, 7) is 2.17. The summed E-state index contributed by atoms with van der Waals surface area (Å²) in [5.41, 5.74) is 3.23. The molecule has 0 unspecified atom stereocenters. The molecule has 1 amide bonds. The predicted octanol–water partition coefficient (Wildman–Crippen LogP) is 2.46. The molecule has 1 spiro atoms. The zero-order valence-corrected chi connectivity index (χ0v) is 14.2. The van der Waals surface area contributed by atoms with Gasteiger partial charge < -0.3 is 9.64 Å². The Kier molecular flexibility index (Phi) is 4.09. The van der Waals surface area contributed by atoms with Gasteiger partial charge in [-0.25, -0.2) is 4.98 Å². The highest BCUT2D eigenvalue weighted by molar-refractivity contribution is 8.01. The number of pyridine rings is 1. The van der Waals surface area contributed by atoms with Crippen molar-refractivity contribution in [3.63, 3.8) is 0 Å². The summed E-state index contributed by atoms with van der Waals surface area (Å²) in [4.78, 5) is 22.5. The molecule has 4 heterocycles. The van der Waals surface area contributed by atoms with E-state index < -0.39 is 0 Å². The highest BCUT2D eigenvalue weighted by Crippen LogP contribution is 2.46. The number of carbonyl (C=O) groups excluding carboxylic acids is 1. The molecule has 2 aliphatic rings. The number of carbonyl (C=O) groups is 1. The summed E-state index contributed by atoms with van der Waals surface area (Å²) in [6.07, 6.45) is 3.04. The molecule has 2 fully saturated rings. The van der Waals surface area contributed by atoms with Crippen LogP contribution in [0.3, 0.4) is 0 Å². The highest BCUT2D eigenvalue weighted by Gasteiger charge is 2.51. The average Bonchev–Trinajstić information content (AvgIpc) is 3.22. The minimum absolute atomic E-state index is 0.0512. The molecule has 5 nitrogen and oxygen atoms in total. The normalized spacial score (nSPS) is 22.3. The first-order valence-electron chi connectivity index (χ1n) is 7.57. The maximum absolute atomic E-state index is 12.2. The molecule has 0 aromatic carbocycles. The van der Waals surface area contributed by atoms with Gasteiger partial charge in [-0.05, 0) is 18.6 Å². The van der Waals surface area contributed by atoms with Crippen LogP contribution in [0.25, 0.3) is 0 Å². The largest absolute Gasteiger partial charge is 0.371 e. The summed E-state index contributed by atoms with van der Waals surface area (Å²) in [5.74, 6) is 1.04. The molecule has 120 valence electrons. The Morgan fingerprint density at radius 2 is 2.30 bits per heavy atom. The Morgan fingerprint density at radius 1 is 1.39 bits per heavy atom. The van der Waals surface area contributed by atoms with Crippen molar-refractivity contribution in [2.24, 2.45) is 0 Å². The Bertz CT molecular complexity index is 672. The second kappa shape index (κ2) is 6.22. The molecular weight excluding hydrogens is 330 g/mol. The summed E-state index contributed by atoms with van der Waals surface area (Å²) in [7, 11) is 0. The number of aromatic nitrogens is 2. The summed E-state index contributed by atoms with van der Waals surface area (Å²) in [6, 6.07) is 5.87. The molecule has 2 saturated heterocycles. The van der Waals surface area contributed by atoms with Crippen LogP contribution in [0.4, 0.5) is 0 Å². The Morgan fingerprint density at radius 3 is 3.04 bits per heavy atom. The van der Waals surface area contributed by atoms with Gasteiger partial charge >= 0.3 is 0 Å². The van der Waals surface area contributed by atoms with Gasteiger partial charge in [0.25, 0.3) is 5.91 Å². The third-order valence-corrected chi connectivity index (χ3v) is 6.43. The number of thiazole rings is 1. The van der Waals surface area contributed by atoms with Crippen LogP contribution >= 0.6 is 23.1 Å². The number of rotatable bonds is 4. The van der Waals surface area contributed by atoms with Crippen LogP contribution in [-0.4, -0.2) is 50.5 Å². The van der Waals surface area contributed by atoms with Crippen molar-refractivity contribution in [3.05, 3.63) is 46.7 Å². The van der Waals surface area contributed by atoms with Crippen molar-refractivity contribution in [3.8, 4) is 0 Å². The van der Waals surface area contributed by atoms with E-state index in [2.05, 4.69) is 9.97 Å². The van der Waals surface area contributed by atoms with Gasteiger partial charge in [-0.2, -0.15) is 0 Å². The maximum Gasteiger partial charge on any atom is 0.273 e. The first-order valence-corrected chi connectivity index (χ1v) is 9.50. The lowest BCUT2D eigenvalue weighted by molar-refractivity contribution is 0.0243. The molecule has 23 heavy (non-hydrogen) atoms. The van der Waals surface area contributed by atoms with Gasteiger partial charge in [-0.1, -0.05) is 6.07 Å². The number of hydrogen-bond acceptors (Lipinski definition) is 6. The standard InChI is InChI=1S/C16H17N3O2S2/c20-15(14-8-22-11-18-14)19-9-16(10-19)5-13(7-23-16)21-6-12-3-1-2-4-17-12/h1-4,8,11,13H,5-7,9-10H2/t13-/m0/s1. The molecule has 0 aliphatic carbocycles. The molecule has 0 bridgehead atoms. The molecule has 1 atom stereocenters. The first-order chi connectivity index (χ1) is 11.2. The van der Waals surface area contributed by atoms with Gasteiger partial charge in [0.15, 0.2) is 0 Å². The van der Waals surface area contributed by atoms with Crippen LogP contribution in [0.1, 0.15) is 22.6 Å². The van der Waals surface area contributed by atoms with E-state index >= 15 is 0 Å². The van der Waals surface area contributed by atoms with Gasteiger partial charge in [-0.15, -0.1) is 23.1 Å². The molecule has 0 saturated carbocycles. The zero-order valence-electron chi connectivity index (χ0n) is 12.6. The fraction of sp³-hybridized carbons (Fsp3) is 0.438. The topological polar surface area (TPSA) is 55.3 Å². The fourth-order valence-electron chi connectivity index (χ4n) is 3.09. The fourth-order valence-corrected chi connectivity index (χ4v) is 5.17. The van der Waals surface area contributed by atoms with Gasteiger partial charge in [0.2, 0.25) is 0 Å². The predicted molar refractivity (Wildman–Crippen MR) is 90.6 cm³/mol. The molecule has 2 aromatic heterocycles. The Labute approximate surface area is 143 Å². The van der Waals surface area contributed by atoms with Gasteiger partial charge in [0, 0.05) is 30.4 Å². The Hall–Kier alpha value is -1.44. The van der Waals surface area contributed by atoms with Crippen molar-refractivity contribution in [1.82, 2.24) is 14.9 Å². The van der Waals surface area contributed by atoms with Gasteiger partial charge in [-0.3, -0.25) is 9.78 Å². The second-order valence-electron chi connectivity index (χ2n) is 5.99. The Balaban J connectivity index is 1.27. The van der Waals surface area contributed by atoms with Gasteiger partial charge in [0.05, 0.1) is 28.7 Å². The van der Waals surface area contributed by atoms with E-state index in [4.69, 9.17) is 4.74 Å². The smallest absolute Gasteiger partial charge is 0.273 e. The van der Waals surface area contributed by atoms with Crippen LogP contribution < -0.4 is 0 Å². The van der Waals surface area contributed by atoms with E-state index in [1.165, 1.54) is 11.3 Å². The van der Waals surface area contributed by atoms with Crippen molar-refractivity contribution in [1.29, 1.82) is 0 Å². The summed E-state index contributed by atoms with van der Waals surface area (Å²) in [5, 5.41) is 1.81. The molecule has 2 aliphatic heterocycles. The number of nitrogens with zero attached hydrogens (tertiary/aromatic N) is 3. The quantitative estimate of drug-likeness (QED) is 0.850. The lowest BCUT2D eigenvalue weighted by Gasteiger charge is -2.47. The monoisotopic (exact) mass is 347 g/mol. The van der Waals surface area contributed by atoms with Crippen molar-refractivity contribution < 1.29 is 9.53 Å². The van der Waals surface area contributed by atoms with Crippen molar-refractivity contribution in [2.45, 2.75) is 23.9 Å². The van der Waals surface area contributed by atoms with E-state index in [1.807, 2.05) is 40.2 Å². The second-order valence-corrected chi connectivity index (χ2v) is 8.19. The van der Waals surface area contributed by atoms with E-state index in [1.54, 1.807) is 11.7 Å². The minimum atomic E-state index is 0.0512. The van der Waals surface area contributed by atoms with E-state index in [0.29, 0.717) is 12.3 Å². The first kappa shape index (κ1) is 15.1. The molecule has 0 N–H and O–H groups in total. The summed E-state index contributed by atoms with van der Waals surface area (Å²) >= 11 is 3.39. The van der Waals surface area contributed by atoms with Crippen LogP contribution in [0.15, 0.2) is 35.3 Å². The van der Waals surface area contributed by atoms with Crippen LogP contribution in [0.2, 0.25) is 0 Å². The lowest BCUT2D eigenvalue weighted by Crippen LogP contribution is -2.60. The average molecular weight is 347 g/mol. The highest BCUT2D eigenvalue weighted by atomic mass is 32.2. The number of thioether (sulfide) groups is 1. The maximum atomic E-state index is 12.2. The third kappa shape index (κ3) is 3.13. The SMILES string of the molecule is O=C(c1cscn1)N1CC2(C[C@H](OCc3ccccn3)CS2)C1.